The average Bonchev–Trinajstić information content (AvgIpc) is 2.86. The molecule has 0 bridgehead atoms. The second-order valence-electron chi connectivity index (χ2n) is 8.89. The van der Waals surface area contributed by atoms with Crippen LogP contribution in [0.15, 0.2) is 83.8 Å². The largest absolute Gasteiger partial charge is 0.352 e. The van der Waals surface area contributed by atoms with Crippen molar-refractivity contribution >= 4 is 35.2 Å². The second-order valence-corrected chi connectivity index (χ2v) is 10.5. The highest BCUT2D eigenvalue weighted by Crippen LogP contribution is 2.23. The molecular formula is C29H32ClFN2O2S. The minimum absolute atomic E-state index is 0.0266. The van der Waals surface area contributed by atoms with Gasteiger partial charge in [-0.2, -0.15) is 0 Å². The first-order valence-electron chi connectivity index (χ1n) is 12.1. The normalized spacial score (nSPS) is 11.8. The van der Waals surface area contributed by atoms with E-state index in [1.807, 2.05) is 68.4 Å². The molecule has 190 valence electrons. The number of benzene rings is 3. The molecule has 3 rings (SSSR count). The molecule has 3 aromatic rings. The third-order valence-corrected chi connectivity index (χ3v) is 6.97. The summed E-state index contributed by atoms with van der Waals surface area (Å²) in [5.74, 6) is -0.0668. The Morgan fingerprint density at radius 2 is 1.64 bits per heavy atom. The number of carbonyl (C=O) groups excluding carboxylic acids is 2. The molecule has 0 heterocycles. The van der Waals surface area contributed by atoms with E-state index in [0.717, 1.165) is 16.2 Å². The first-order valence-corrected chi connectivity index (χ1v) is 13.5. The van der Waals surface area contributed by atoms with Crippen molar-refractivity contribution < 1.29 is 14.0 Å². The molecule has 36 heavy (non-hydrogen) atoms. The molecule has 4 nitrogen and oxygen atoms in total. The van der Waals surface area contributed by atoms with Crippen LogP contribution in [0.5, 0.6) is 0 Å². The van der Waals surface area contributed by atoms with Crippen LogP contribution in [-0.4, -0.2) is 34.6 Å². The first kappa shape index (κ1) is 27.8. The lowest BCUT2D eigenvalue weighted by Crippen LogP contribution is -2.51. The van der Waals surface area contributed by atoms with Gasteiger partial charge in [-0.05, 0) is 61.9 Å². The van der Waals surface area contributed by atoms with Gasteiger partial charge < -0.3 is 10.2 Å². The van der Waals surface area contributed by atoms with Gasteiger partial charge in [0.05, 0.1) is 0 Å². The van der Waals surface area contributed by atoms with E-state index >= 15 is 0 Å². The van der Waals surface area contributed by atoms with Gasteiger partial charge in [0, 0.05) is 40.9 Å². The van der Waals surface area contributed by atoms with E-state index < -0.39 is 11.9 Å². The van der Waals surface area contributed by atoms with Crippen molar-refractivity contribution in [1.82, 2.24) is 10.2 Å². The highest BCUT2D eigenvalue weighted by atomic mass is 35.5. The van der Waals surface area contributed by atoms with Gasteiger partial charge in [0.1, 0.15) is 11.9 Å². The summed E-state index contributed by atoms with van der Waals surface area (Å²) in [7, 11) is 0. The van der Waals surface area contributed by atoms with Gasteiger partial charge in [-0.15, -0.1) is 11.8 Å². The molecule has 0 saturated carbocycles. The smallest absolute Gasteiger partial charge is 0.243 e. The van der Waals surface area contributed by atoms with Crippen LogP contribution in [0.2, 0.25) is 5.02 Å². The van der Waals surface area contributed by atoms with Gasteiger partial charge in [0.15, 0.2) is 0 Å². The molecule has 0 spiro atoms. The summed E-state index contributed by atoms with van der Waals surface area (Å²) >= 11 is 7.60. The summed E-state index contributed by atoms with van der Waals surface area (Å²) in [5, 5.41) is 3.63. The van der Waals surface area contributed by atoms with Crippen LogP contribution in [-0.2, 0) is 22.6 Å². The van der Waals surface area contributed by atoms with E-state index in [1.165, 1.54) is 11.0 Å². The molecular weight excluding hydrogens is 495 g/mol. The summed E-state index contributed by atoms with van der Waals surface area (Å²) < 4.78 is 14.6. The Kier molecular flexibility index (Phi) is 10.8. The van der Waals surface area contributed by atoms with Gasteiger partial charge in [0.25, 0.3) is 0 Å². The zero-order valence-electron chi connectivity index (χ0n) is 20.6. The topological polar surface area (TPSA) is 49.4 Å². The van der Waals surface area contributed by atoms with Gasteiger partial charge in [0.2, 0.25) is 11.8 Å². The molecule has 2 amide bonds. The fourth-order valence-corrected chi connectivity index (χ4v) is 4.81. The fraction of sp³-hybridized carbons (Fsp3) is 0.310. The fourth-order valence-electron chi connectivity index (χ4n) is 3.83. The van der Waals surface area contributed by atoms with Gasteiger partial charge in [-0.1, -0.05) is 60.1 Å². The Hall–Kier alpha value is -2.83. The maximum atomic E-state index is 14.6. The Morgan fingerprint density at radius 3 is 2.31 bits per heavy atom. The summed E-state index contributed by atoms with van der Waals surface area (Å²) in [6.07, 6.45) is 1.23. The molecule has 3 aromatic carbocycles. The minimum atomic E-state index is -0.758. The molecule has 0 aromatic heterocycles. The van der Waals surface area contributed by atoms with Crippen LogP contribution < -0.4 is 5.32 Å². The summed E-state index contributed by atoms with van der Waals surface area (Å²) in [4.78, 5) is 29.5. The Bertz CT molecular complexity index is 1130. The molecule has 1 N–H and O–H groups in total. The molecule has 0 aliphatic carbocycles. The van der Waals surface area contributed by atoms with Crippen molar-refractivity contribution in [2.45, 2.75) is 56.6 Å². The highest BCUT2D eigenvalue weighted by Gasteiger charge is 2.31. The van der Waals surface area contributed by atoms with E-state index in [2.05, 4.69) is 5.32 Å². The third kappa shape index (κ3) is 8.68. The summed E-state index contributed by atoms with van der Waals surface area (Å²) in [6.45, 7) is 3.79. The number of carbonyl (C=O) groups is 2. The number of hydrogen-bond acceptors (Lipinski definition) is 3. The average molecular weight is 527 g/mol. The zero-order chi connectivity index (χ0) is 25.9. The standard InChI is InChI=1S/C29H32ClFN2O2S/c1-21(2)32-29(35)27(19-22-9-4-3-5-10-22)33(20-23-11-6-7-12-26(23)31)28(34)13-8-18-36-25-16-14-24(30)15-17-25/h3-7,9-12,14-17,21,27H,8,13,18-20H2,1-2H3,(H,32,35)/t27-/m0/s1. The third-order valence-electron chi connectivity index (χ3n) is 5.62. The van der Waals surface area contributed by atoms with Crippen LogP contribution in [0.25, 0.3) is 0 Å². The number of hydrogen-bond donors (Lipinski definition) is 1. The van der Waals surface area contributed by atoms with E-state index in [4.69, 9.17) is 11.6 Å². The van der Waals surface area contributed by atoms with Crippen LogP contribution in [0.1, 0.15) is 37.8 Å². The van der Waals surface area contributed by atoms with E-state index in [-0.39, 0.29) is 30.8 Å². The number of thioether (sulfide) groups is 1. The van der Waals surface area contributed by atoms with E-state index in [1.54, 1.807) is 30.0 Å². The van der Waals surface area contributed by atoms with Crippen LogP contribution in [0, 0.1) is 5.82 Å². The predicted molar refractivity (Wildman–Crippen MR) is 146 cm³/mol. The van der Waals surface area contributed by atoms with E-state index in [9.17, 15) is 14.0 Å². The number of amides is 2. The lowest BCUT2D eigenvalue weighted by molar-refractivity contribution is -0.141. The lowest BCUT2D eigenvalue weighted by atomic mass is 10.0. The molecule has 1 atom stereocenters. The predicted octanol–water partition coefficient (Wildman–Crippen LogP) is 6.52. The van der Waals surface area contributed by atoms with Crippen molar-refractivity contribution in [3.8, 4) is 0 Å². The Morgan fingerprint density at radius 1 is 0.972 bits per heavy atom. The Labute approximate surface area is 222 Å². The number of nitrogens with zero attached hydrogens (tertiary/aromatic N) is 1. The van der Waals surface area contributed by atoms with Crippen LogP contribution in [0.4, 0.5) is 4.39 Å². The van der Waals surface area contributed by atoms with Crippen molar-refractivity contribution in [1.29, 1.82) is 0 Å². The second kappa shape index (κ2) is 14.0. The highest BCUT2D eigenvalue weighted by molar-refractivity contribution is 7.99. The molecule has 0 radical (unpaired) electrons. The van der Waals surface area contributed by atoms with Crippen molar-refractivity contribution in [2.24, 2.45) is 0 Å². The molecule has 0 unspecified atom stereocenters. The zero-order valence-corrected chi connectivity index (χ0v) is 22.2. The van der Waals surface area contributed by atoms with Gasteiger partial charge in [-0.25, -0.2) is 4.39 Å². The summed E-state index contributed by atoms with van der Waals surface area (Å²) in [6, 6.07) is 22.7. The number of nitrogens with one attached hydrogen (secondary N) is 1. The summed E-state index contributed by atoms with van der Waals surface area (Å²) in [5.41, 5.74) is 1.32. The SMILES string of the molecule is CC(C)NC(=O)[C@H](Cc1ccccc1)N(Cc1ccccc1F)C(=O)CCCSc1ccc(Cl)cc1. The minimum Gasteiger partial charge on any atom is -0.352 e. The molecule has 0 aliphatic heterocycles. The maximum Gasteiger partial charge on any atom is 0.243 e. The van der Waals surface area contributed by atoms with Crippen molar-refractivity contribution in [3.05, 3.63) is 101 Å². The van der Waals surface area contributed by atoms with E-state index in [0.29, 0.717) is 23.4 Å². The Balaban J connectivity index is 1.79. The maximum absolute atomic E-state index is 14.6. The molecule has 0 aliphatic rings. The van der Waals surface area contributed by atoms with Crippen molar-refractivity contribution in [2.75, 3.05) is 5.75 Å². The number of halogens is 2. The molecule has 0 saturated heterocycles. The quantitative estimate of drug-likeness (QED) is 0.216. The number of rotatable bonds is 12. The first-order chi connectivity index (χ1) is 17.3. The van der Waals surface area contributed by atoms with Crippen LogP contribution >= 0.6 is 23.4 Å². The van der Waals surface area contributed by atoms with Gasteiger partial charge in [-0.3, -0.25) is 9.59 Å². The molecule has 0 fully saturated rings. The molecule has 7 heteroatoms. The van der Waals surface area contributed by atoms with Gasteiger partial charge >= 0.3 is 0 Å². The van der Waals surface area contributed by atoms with Crippen molar-refractivity contribution in [3.63, 3.8) is 0 Å². The monoisotopic (exact) mass is 526 g/mol. The lowest BCUT2D eigenvalue weighted by Gasteiger charge is -2.32. The van der Waals surface area contributed by atoms with Crippen LogP contribution in [0.3, 0.4) is 0 Å².